The highest BCUT2D eigenvalue weighted by molar-refractivity contribution is 6.61. The van der Waals surface area contributed by atoms with Gasteiger partial charge in [-0.2, -0.15) is 0 Å². The molecule has 134 valence electrons. The lowest BCUT2D eigenvalue weighted by Crippen LogP contribution is -2.57. The van der Waals surface area contributed by atoms with Crippen LogP contribution in [-0.4, -0.2) is 32.0 Å². The molecule has 1 aliphatic rings. The van der Waals surface area contributed by atoms with Crippen LogP contribution in [0.2, 0.25) is 0 Å². The largest absolute Gasteiger partial charge is 0.494 e. The third-order valence-corrected chi connectivity index (χ3v) is 4.49. The van der Waals surface area contributed by atoms with Crippen molar-refractivity contribution < 1.29 is 14.0 Å². The molecule has 0 saturated carbocycles. The maximum absolute atomic E-state index is 8.92. The van der Waals surface area contributed by atoms with E-state index in [1.165, 1.54) is 0 Å². The van der Waals surface area contributed by atoms with Crippen LogP contribution in [0, 0.1) is 0 Å². The van der Waals surface area contributed by atoms with Gasteiger partial charge in [0.25, 0.3) is 0 Å². The maximum Gasteiger partial charge on any atom is 0.494 e. The topological polar surface area (TPSA) is 76.5 Å². The third-order valence-electron chi connectivity index (χ3n) is 4.49. The van der Waals surface area contributed by atoms with E-state index in [1.54, 1.807) is 0 Å². The number of azide groups is 1. The fraction of sp³-hybridized carbons (Fsp3) is 0.368. The van der Waals surface area contributed by atoms with E-state index in [1.807, 2.05) is 67.6 Å². The zero-order chi connectivity index (χ0) is 18.2. The van der Waals surface area contributed by atoms with Gasteiger partial charge in [0.1, 0.15) is 0 Å². The summed E-state index contributed by atoms with van der Waals surface area (Å²) in [5, 5.41) is 3.94. The fourth-order valence-corrected chi connectivity index (χ4v) is 2.99. The molecule has 1 heterocycles. The number of rotatable bonds is 7. The average Bonchev–Trinajstić information content (AvgIpc) is 2.68. The minimum absolute atomic E-state index is 0.284. The van der Waals surface area contributed by atoms with Crippen molar-refractivity contribution in [3.63, 3.8) is 0 Å². The Morgan fingerprint density at radius 3 is 2.58 bits per heavy atom. The molecule has 0 aliphatic carbocycles. The Labute approximate surface area is 153 Å². The molecule has 0 unspecified atom stereocenters. The van der Waals surface area contributed by atoms with Crippen LogP contribution in [0.15, 0.2) is 65.8 Å². The smallest absolute Gasteiger partial charge is 0.406 e. The van der Waals surface area contributed by atoms with Crippen LogP contribution in [0.5, 0.6) is 0 Å². The highest BCUT2D eigenvalue weighted by Gasteiger charge is 2.43. The number of benzene rings is 2. The molecule has 0 radical (unpaired) electrons. The van der Waals surface area contributed by atoms with Crippen molar-refractivity contribution in [2.45, 2.75) is 31.6 Å². The van der Waals surface area contributed by atoms with Gasteiger partial charge in [-0.25, -0.2) is 0 Å². The molecule has 26 heavy (non-hydrogen) atoms. The van der Waals surface area contributed by atoms with E-state index in [0.717, 1.165) is 11.0 Å². The van der Waals surface area contributed by atoms with Crippen molar-refractivity contribution in [2.24, 2.45) is 5.11 Å². The summed E-state index contributed by atoms with van der Waals surface area (Å²) in [6, 6.07) is 19.8. The number of nitrogens with zero attached hydrogens (tertiary/aromatic N) is 3. The second-order valence-corrected chi connectivity index (χ2v) is 6.55. The van der Waals surface area contributed by atoms with Gasteiger partial charge >= 0.3 is 7.12 Å². The predicted octanol–water partition coefficient (Wildman–Crippen LogP) is 3.47. The molecule has 0 N–H and O–H groups in total. The summed E-state index contributed by atoms with van der Waals surface area (Å²) in [5.74, 6) is 0. The number of hydrogen-bond donors (Lipinski definition) is 0. The molecule has 6 nitrogen and oxygen atoms in total. The monoisotopic (exact) mass is 351 g/mol. The van der Waals surface area contributed by atoms with Crippen LogP contribution in [0.1, 0.15) is 18.9 Å². The maximum atomic E-state index is 8.92. The summed E-state index contributed by atoms with van der Waals surface area (Å²) < 4.78 is 17.7. The quantitative estimate of drug-likeness (QED) is 0.252. The molecule has 1 saturated heterocycles. The summed E-state index contributed by atoms with van der Waals surface area (Å²) in [5.41, 5.74) is 10.2. The van der Waals surface area contributed by atoms with Crippen molar-refractivity contribution in [3.05, 3.63) is 76.7 Å². The van der Waals surface area contributed by atoms with Crippen molar-refractivity contribution in [2.75, 3.05) is 13.2 Å². The first kappa shape index (κ1) is 18.5. The molecular weight excluding hydrogens is 329 g/mol. The molecule has 2 aromatic carbocycles. The third kappa shape index (κ3) is 4.65. The minimum Gasteiger partial charge on any atom is -0.406 e. The molecule has 2 atom stereocenters. The number of ether oxygens (including phenoxy) is 1. The summed E-state index contributed by atoms with van der Waals surface area (Å²) in [6.45, 7) is 3.22. The molecule has 0 aromatic heterocycles. The van der Waals surface area contributed by atoms with Gasteiger partial charge in [-0.3, -0.25) is 0 Å². The van der Waals surface area contributed by atoms with Gasteiger partial charge < -0.3 is 14.0 Å². The van der Waals surface area contributed by atoms with Crippen molar-refractivity contribution >= 4 is 12.6 Å². The Bertz CT molecular complexity index is 740. The number of hydrogen-bond acceptors (Lipinski definition) is 4. The summed E-state index contributed by atoms with van der Waals surface area (Å²) >= 11 is 0. The first-order valence-corrected chi connectivity index (χ1v) is 8.71. The zero-order valence-electron chi connectivity index (χ0n) is 14.8. The Morgan fingerprint density at radius 2 is 1.88 bits per heavy atom. The zero-order valence-corrected chi connectivity index (χ0v) is 14.8. The fourth-order valence-electron chi connectivity index (χ4n) is 2.99. The molecule has 1 fully saturated rings. The first-order valence-electron chi connectivity index (χ1n) is 8.71. The van der Waals surface area contributed by atoms with Gasteiger partial charge in [0, 0.05) is 18.1 Å². The van der Waals surface area contributed by atoms with E-state index in [9.17, 15) is 0 Å². The standard InChI is InChI=1S/C19H22BN3O3/c1-19(22-23-21)15-25-20(17-10-6-3-7-11-17)26-18(19)12-13-24-14-16-8-4-2-5-9-16/h2-11,18H,12-15H2,1H3/t18-,19+/m1/s1. The lowest BCUT2D eigenvalue weighted by molar-refractivity contribution is -0.0147. The molecular formula is C19H22BN3O3. The van der Waals surface area contributed by atoms with Crippen LogP contribution in [0.25, 0.3) is 10.4 Å². The lowest BCUT2D eigenvalue weighted by Gasteiger charge is -2.40. The van der Waals surface area contributed by atoms with Gasteiger partial charge in [0.15, 0.2) is 0 Å². The predicted molar refractivity (Wildman–Crippen MR) is 101 cm³/mol. The molecule has 1 aliphatic heterocycles. The van der Waals surface area contributed by atoms with Crippen LogP contribution in [-0.2, 0) is 20.7 Å². The highest BCUT2D eigenvalue weighted by Crippen LogP contribution is 2.28. The molecule has 0 spiro atoms. The summed E-state index contributed by atoms with van der Waals surface area (Å²) in [7, 11) is -0.461. The Balaban J connectivity index is 1.61. The van der Waals surface area contributed by atoms with Gasteiger partial charge in [0.2, 0.25) is 0 Å². The molecule has 0 bridgehead atoms. The van der Waals surface area contributed by atoms with E-state index in [0.29, 0.717) is 26.2 Å². The Morgan fingerprint density at radius 1 is 1.19 bits per heavy atom. The average molecular weight is 351 g/mol. The van der Waals surface area contributed by atoms with E-state index in [4.69, 9.17) is 19.6 Å². The van der Waals surface area contributed by atoms with E-state index < -0.39 is 12.7 Å². The lowest BCUT2D eigenvalue weighted by atomic mass is 9.75. The summed E-state index contributed by atoms with van der Waals surface area (Å²) in [6.07, 6.45) is 0.336. The molecule has 3 rings (SSSR count). The second-order valence-electron chi connectivity index (χ2n) is 6.55. The van der Waals surface area contributed by atoms with Crippen LogP contribution in [0.3, 0.4) is 0 Å². The van der Waals surface area contributed by atoms with Crippen LogP contribution < -0.4 is 5.46 Å². The SMILES string of the molecule is C[C@]1(N=[N+]=[N-])COB(c2ccccc2)O[C@@H]1CCOCc1ccccc1. The normalized spacial score (nSPS) is 22.7. The first-order chi connectivity index (χ1) is 12.7. The summed E-state index contributed by atoms with van der Waals surface area (Å²) in [4.78, 5) is 2.98. The Kier molecular flexibility index (Phi) is 6.31. The van der Waals surface area contributed by atoms with E-state index >= 15 is 0 Å². The Hall–Kier alpha value is -2.31. The molecule has 0 amide bonds. The van der Waals surface area contributed by atoms with Crippen LogP contribution >= 0.6 is 0 Å². The minimum atomic E-state index is -0.754. The van der Waals surface area contributed by atoms with Crippen molar-refractivity contribution in [1.82, 2.24) is 0 Å². The van der Waals surface area contributed by atoms with Gasteiger partial charge in [-0.15, -0.1) is 0 Å². The van der Waals surface area contributed by atoms with E-state index in [-0.39, 0.29) is 6.10 Å². The van der Waals surface area contributed by atoms with E-state index in [2.05, 4.69) is 10.0 Å². The second kappa shape index (κ2) is 8.87. The van der Waals surface area contributed by atoms with Crippen LogP contribution in [0.4, 0.5) is 0 Å². The van der Waals surface area contributed by atoms with Gasteiger partial charge in [0.05, 0.1) is 18.2 Å². The van der Waals surface area contributed by atoms with Crippen molar-refractivity contribution in [1.29, 1.82) is 0 Å². The van der Waals surface area contributed by atoms with Gasteiger partial charge in [-0.1, -0.05) is 65.8 Å². The molecule has 7 heteroatoms. The van der Waals surface area contributed by atoms with Crippen molar-refractivity contribution in [3.8, 4) is 0 Å². The molecule has 2 aromatic rings. The van der Waals surface area contributed by atoms with Gasteiger partial charge in [-0.05, 0) is 29.9 Å². The highest BCUT2D eigenvalue weighted by atomic mass is 16.6.